The van der Waals surface area contributed by atoms with Crippen molar-refractivity contribution >= 4 is 37.3 Å². The fraction of sp³-hybridized carbons (Fsp3) is 0.190. The molecule has 2 aromatic carbocycles. The van der Waals surface area contributed by atoms with Crippen molar-refractivity contribution in [1.82, 2.24) is 14.9 Å². The van der Waals surface area contributed by atoms with Crippen molar-refractivity contribution < 1.29 is 27.4 Å². The summed E-state index contributed by atoms with van der Waals surface area (Å²) >= 11 is 0. The molecular formula is C21H12B4F3N3O3. The van der Waals surface area contributed by atoms with Gasteiger partial charge < -0.3 is 14.4 Å². The lowest BCUT2D eigenvalue weighted by molar-refractivity contribution is -0.274. The van der Waals surface area contributed by atoms with Gasteiger partial charge in [0.1, 0.15) is 33.0 Å². The van der Waals surface area contributed by atoms with E-state index < -0.39 is 22.9 Å². The summed E-state index contributed by atoms with van der Waals surface area (Å²) in [6, 6.07) is 11.3. The Morgan fingerprint density at radius 2 is 1.62 bits per heavy atom. The van der Waals surface area contributed by atoms with E-state index in [1.807, 2.05) is 0 Å². The predicted octanol–water partition coefficient (Wildman–Crippen LogP) is 2.02. The largest absolute Gasteiger partial charge is 0.573 e. The van der Waals surface area contributed by atoms with Gasteiger partial charge in [0.15, 0.2) is 0 Å². The second-order valence-corrected chi connectivity index (χ2v) is 7.60. The average molecular weight is 455 g/mol. The molecule has 2 heterocycles. The van der Waals surface area contributed by atoms with E-state index in [2.05, 4.69) is 14.7 Å². The Balaban J connectivity index is 1.73. The lowest BCUT2D eigenvalue weighted by atomic mass is 9.52. The van der Waals surface area contributed by atoms with Crippen LogP contribution in [0.4, 0.5) is 13.2 Å². The molecule has 34 heavy (non-hydrogen) atoms. The zero-order chi connectivity index (χ0) is 24.7. The smallest absolute Gasteiger partial charge is 0.492 e. The summed E-state index contributed by atoms with van der Waals surface area (Å²) in [5.74, 6) is -1.08. The van der Waals surface area contributed by atoms with Gasteiger partial charge in [-0.15, -0.1) is 13.2 Å². The van der Waals surface area contributed by atoms with E-state index in [-0.39, 0.29) is 29.5 Å². The minimum atomic E-state index is -4.81. The van der Waals surface area contributed by atoms with Gasteiger partial charge >= 0.3 is 6.36 Å². The van der Waals surface area contributed by atoms with E-state index in [4.69, 9.17) is 36.1 Å². The Hall–Kier alpha value is -3.36. The summed E-state index contributed by atoms with van der Waals surface area (Å²) in [5.41, 5.74) is 1.03. The molecule has 0 saturated carbocycles. The van der Waals surface area contributed by atoms with Gasteiger partial charge in [-0.2, -0.15) is 0 Å². The van der Waals surface area contributed by atoms with Crippen LogP contribution >= 0.6 is 0 Å². The molecule has 0 aliphatic carbocycles. The maximum Gasteiger partial charge on any atom is 0.573 e. The molecule has 1 aromatic heterocycles. The van der Waals surface area contributed by atoms with Gasteiger partial charge in [-0.3, -0.25) is 4.79 Å². The molecule has 13 heteroatoms. The van der Waals surface area contributed by atoms with E-state index in [9.17, 15) is 18.0 Å². The number of alkyl halides is 3. The summed E-state index contributed by atoms with van der Waals surface area (Å²) in [5, 5.41) is -4.03. The molecule has 0 fully saturated rings. The number of fused-ring (bicyclic) bond motifs is 1. The van der Waals surface area contributed by atoms with Crippen LogP contribution in [0.3, 0.4) is 0 Å². The number of aromatic nitrogens is 2. The van der Waals surface area contributed by atoms with Crippen molar-refractivity contribution in [1.29, 1.82) is 0 Å². The number of ether oxygens (including phenoxy) is 2. The molecule has 6 nitrogen and oxygen atoms in total. The maximum absolute atomic E-state index is 13.6. The Kier molecular flexibility index (Phi) is 5.91. The van der Waals surface area contributed by atoms with Crippen LogP contribution in [0.5, 0.6) is 11.5 Å². The van der Waals surface area contributed by atoms with Crippen LogP contribution in [-0.2, 0) is 5.34 Å². The fourth-order valence-corrected chi connectivity index (χ4v) is 3.54. The molecule has 3 aromatic rings. The first-order valence-corrected chi connectivity index (χ1v) is 9.79. The van der Waals surface area contributed by atoms with E-state index >= 15 is 0 Å². The minimum Gasteiger partial charge on any atom is -0.492 e. The second-order valence-electron chi connectivity index (χ2n) is 7.60. The number of rotatable bonds is 4. The fourth-order valence-electron chi connectivity index (χ4n) is 3.54. The van der Waals surface area contributed by atoms with Gasteiger partial charge in [-0.25, -0.2) is 9.97 Å². The monoisotopic (exact) mass is 455 g/mol. The Morgan fingerprint density at radius 3 is 2.24 bits per heavy atom. The van der Waals surface area contributed by atoms with Gasteiger partial charge in [0, 0.05) is 17.7 Å². The predicted molar refractivity (Wildman–Crippen MR) is 120 cm³/mol. The molecule has 162 valence electrons. The highest BCUT2D eigenvalue weighted by Crippen LogP contribution is 2.36. The number of halogens is 3. The van der Waals surface area contributed by atoms with Crippen molar-refractivity contribution in [2.24, 2.45) is 0 Å². The molecule has 0 bridgehead atoms. The molecule has 0 atom stereocenters. The lowest BCUT2D eigenvalue weighted by Gasteiger charge is -2.48. The van der Waals surface area contributed by atoms with Gasteiger partial charge in [-0.05, 0) is 46.8 Å². The van der Waals surface area contributed by atoms with Gasteiger partial charge in [0.25, 0.3) is 5.91 Å². The second kappa shape index (κ2) is 8.45. The minimum absolute atomic E-state index is 0.0297. The van der Waals surface area contributed by atoms with Crippen molar-refractivity contribution in [3.05, 3.63) is 72.3 Å². The number of nitrogens with zero attached hydrogens (tertiary/aromatic N) is 3. The summed E-state index contributed by atoms with van der Waals surface area (Å²) in [6.45, 7) is -0.350. The van der Waals surface area contributed by atoms with Crippen LogP contribution in [0.1, 0.15) is 16.2 Å². The molecule has 1 amide bonds. The van der Waals surface area contributed by atoms with Crippen molar-refractivity contribution in [2.45, 2.75) is 17.0 Å². The molecule has 0 saturated heterocycles. The number of benzene rings is 2. The molecule has 8 radical (unpaired) electrons. The third-order valence-electron chi connectivity index (χ3n) is 5.00. The van der Waals surface area contributed by atoms with Crippen molar-refractivity contribution in [2.75, 3.05) is 6.61 Å². The zero-order valence-electron chi connectivity index (χ0n) is 17.5. The van der Waals surface area contributed by atoms with Crippen LogP contribution in [-0.4, -0.2) is 70.5 Å². The highest BCUT2D eigenvalue weighted by molar-refractivity contribution is 6.45. The molecule has 0 unspecified atom stereocenters. The molecule has 1 aliphatic heterocycles. The van der Waals surface area contributed by atoms with Gasteiger partial charge in [0.05, 0.1) is 27.9 Å². The first-order chi connectivity index (χ1) is 15.9. The van der Waals surface area contributed by atoms with E-state index in [0.717, 1.165) is 17.0 Å². The molecule has 0 spiro atoms. The van der Waals surface area contributed by atoms with Gasteiger partial charge in [-0.1, -0.05) is 18.2 Å². The molecule has 0 N–H and O–H groups in total. The number of carbonyl (C=O) groups excluding carboxylic acids is 1. The normalized spacial score (nSPS) is 15.7. The summed E-state index contributed by atoms with van der Waals surface area (Å²) in [7, 11) is 24.9. The lowest BCUT2D eigenvalue weighted by Crippen LogP contribution is -2.65. The van der Waals surface area contributed by atoms with Gasteiger partial charge in [0.2, 0.25) is 0 Å². The van der Waals surface area contributed by atoms with Crippen LogP contribution in [0.15, 0.2) is 60.9 Å². The van der Waals surface area contributed by atoms with Crippen LogP contribution in [0.2, 0.25) is 0 Å². The molecule has 4 rings (SSSR count). The van der Waals surface area contributed by atoms with E-state index in [1.54, 1.807) is 6.07 Å². The number of hydrogen-bond acceptors (Lipinski definition) is 5. The summed E-state index contributed by atoms with van der Waals surface area (Å²) < 4.78 is 46.8. The molecule has 1 aliphatic rings. The third-order valence-corrected chi connectivity index (χ3v) is 5.00. The average Bonchev–Trinajstić information content (AvgIpc) is 2.87. The zero-order valence-corrected chi connectivity index (χ0v) is 17.5. The SMILES string of the molecule is [B]C1([B])COc2ccc(-c3ccc(OC(F)(F)F)cc3)cc2C(=O)N1C([B])([B])c1ncccn1. The number of carbonyl (C=O) groups is 1. The highest BCUT2D eigenvalue weighted by Gasteiger charge is 2.45. The Labute approximate surface area is 198 Å². The number of amides is 1. The van der Waals surface area contributed by atoms with Crippen LogP contribution < -0.4 is 9.47 Å². The quantitative estimate of drug-likeness (QED) is 0.565. The van der Waals surface area contributed by atoms with E-state index in [1.165, 1.54) is 42.7 Å². The summed E-state index contributed by atoms with van der Waals surface area (Å²) in [4.78, 5) is 22.5. The third kappa shape index (κ3) is 4.64. The highest BCUT2D eigenvalue weighted by atomic mass is 19.4. The first kappa shape index (κ1) is 23.8. The van der Waals surface area contributed by atoms with Crippen LogP contribution in [0, 0.1) is 0 Å². The first-order valence-electron chi connectivity index (χ1n) is 9.79. The maximum atomic E-state index is 13.6. The summed E-state index contributed by atoms with van der Waals surface area (Å²) in [6.07, 6.45) is -2.03. The Bertz CT molecular complexity index is 1210. The number of hydrogen-bond donors (Lipinski definition) is 0. The Morgan fingerprint density at radius 1 is 1.00 bits per heavy atom. The standard InChI is InChI=1S/C21H12B4F3N3O3/c22-19(23)11-33-16-7-4-13(12-2-5-14(6-3-12)34-21(26,27)28)10-15(16)17(32)31(19)20(24,25)18-29-8-1-9-30-18/h1-10H,11H2. The molecular weight excluding hydrogens is 442 g/mol. The van der Waals surface area contributed by atoms with Crippen molar-refractivity contribution in [3.63, 3.8) is 0 Å². The van der Waals surface area contributed by atoms with Crippen LogP contribution in [0.25, 0.3) is 11.1 Å². The van der Waals surface area contributed by atoms with E-state index in [0.29, 0.717) is 11.1 Å². The van der Waals surface area contributed by atoms with Crippen molar-refractivity contribution in [3.8, 4) is 22.6 Å². The topological polar surface area (TPSA) is 64.6 Å².